The van der Waals surface area contributed by atoms with Crippen LogP contribution in [0.15, 0.2) is 66.7 Å². The summed E-state index contributed by atoms with van der Waals surface area (Å²) in [6, 6.07) is 22.7. The number of ether oxygens (including phenoxy) is 4. The fourth-order valence-electron chi connectivity index (χ4n) is 5.49. The van der Waals surface area contributed by atoms with Crippen LogP contribution in [-0.4, -0.2) is 32.0 Å². The predicted molar refractivity (Wildman–Crippen MR) is 162 cm³/mol. The molecule has 216 valence electrons. The molecule has 5 rings (SSSR count). The van der Waals surface area contributed by atoms with Crippen molar-refractivity contribution in [3.05, 3.63) is 83.4 Å². The highest BCUT2D eigenvalue weighted by Crippen LogP contribution is 2.40. The van der Waals surface area contributed by atoms with Gasteiger partial charge in [-0.15, -0.1) is 0 Å². The van der Waals surface area contributed by atoms with Crippen molar-refractivity contribution in [2.24, 2.45) is 5.92 Å². The van der Waals surface area contributed by atoms with Gasteiger partial charge in [-0.2, -0.15) is 0 Å². The largest absolute Gasteiger partial charge is 0.489 e. The van der Waals surface area contributed by atoms with E-state index in [0.717, 1.165) is 78.0 Å². The number of esters is 1. The molecular weight excluding hydrogens is 514 g/mol. The second kappa shape index (κ2) is 13.3. The van der Waals surface area contributed by atoms with E-state index in [0.29, 0.717) is 11.8 Å². The number of carbonyl (C=O) groups excluding carboxylic acids is 1. The predicted octanol–water partition coefficient (Wildman–Crippen LogP) is 7.65. The highest BCUT2D eigenvalue weighted by Gasteiger charge is 2.31. The summed E-state index contributed by atoms with van der Waals surface area (Å²) in [6.07, 6.45) is 5.83. The second-order valence-corrected chi connectivity index (χ2v) is 10.8. The van der Waals surface area contributed by atoms with Gasteiger partial charge < -0.3 is 24.3 Å². The fraction of sp³-hybridized carbons (Fsp3) is 0.400. The van der Waals surface area contributed by atoms with Crippen LogP contribution in [0.5, 0.6) is 23.0 Å². The Kier molecular flexibility index (Phi) is 9.30. The fourth-order valence-corrected chi connectivity index (χ4v) is 5.49. The van der Waals surface area contributed by atoms with Gasteiger partial charge in [0, 0.05) is 6.04 Å². The first-order chi connectivity index (χ1) is 20.0. The van der Waals surface area contributed by atoms with E-state index in [-0.39, 0.29) is 24.8 Å². The van der Waals surface area contributed by atoms with Crippen LogP contribution >= 0.6 is 0 Å². The molecule has 2 unspecified atom stereocenters. The van der Waals surface area contributed by atoms with Crippen molar-refractivity contribution in [2.75, 3.05) is 13.8 Å². The summed E-state index contributed by atoms with van der Waals surface area (Å²) in [4.78, 5) is 12.2. The molecule has 2 aliphatic rings. The average Bonchev–Trinajstić information content (AvgIpc) is 3.75. The average molecular weight is 556 g/mol. The van der Waals surface area contributed by atoms with E-state index in [4.69, 9.17) is 18.9 Å². The van der Waals surface area contributed by atoms with Gasteiger partial charge in [-0.05, 0) is 103 Å². The van der Waals surface area contributed by atoms with Crippen LogP contribution in [0.1, 0.15) is 76.0 Å². The topological polar surface area (TPSA) is 66.0 Å². The molecule has 0 aromatic heterocycles. The van der Waals surface area contributed by atoms with E-state index in [1.807, 2.05) is 37.4 Å². The molecule has 6 nitrogen and oxygen atoms in total. The highest BCUT2D eigenvalue weighted by molar-refractivity contribution is 5.99. The van der Waals surface area contributed by atoms with E-state index in [1.165, 1.54) is 5.57 Å². The summed E-state index contributed by atoms with van der Waals surface area (Å²) in [7, 11) is 2.00. The summed E-state index contributed by atoms with van der Waals surface area (Å²) in [5, 5.41) is 3.41. The maximum atomic E-state index is 12.2. The Morgan fingerprint density at radius 1 is 0.878 bits per heavy atom. The smallest absolute Gasteiger partial charge is 0.314 e. The normalized spacial score (nSPS) is 16.1. The van der Waals surface area contributed by atoms with Crippen LogP contribution in [0.2, 0.25) is 0 Å². The van der Waals surface area contributed by atoms with Crippen molar-refractivity contribution in [1.82, 2.24) is 5.32 Å². The van der Waals surface area contributed by atoms with Crippen LogP contribution in [-0.2, 0) is 4.79 Å². The van der Waals surface area contributed by atoms with Gasteiger partial charge in [0.2, 0.25) is 6.79 Å². The quantitative estimate of drug-likeness (QED) is 0.133. The van der Waals surface area contributed by atoms with E-state index in [1.54, 1.807) is 0 Å². The molecule has 1 heterocycles. The highest BCUT2D eigenvalue weighted by atomic mass is 16.7. The maximum absolute atomic E-state index is 12.2. The molecule has 1 aliphatic carbocycles. The number of rotatable bonds is 13. The van der Waals surface area contributed by atoms with Gasteiger partial charge in [-0.1, -0.05) is 57.5 Å². The minimum atomic E-state index is -0.135. The number of fused-ring (bicyclic) bond motifs is 1. The lowest BCUT2D eigenvalue weighted by Crippen LogP contribution is -2.40. The molecule has 1 fully saturated rings. The Balaban J connectivity index is 1.50. The van der Waals surface area contributed by atoms with Crippen molar-refractivity contribution in [3.63, 3.8) is 0 Å². The van der Waals surface area contributed by atoms with Gasteiger partial charge in [-0.3, -0.25) is 4.79 Å². The SMILES string of the molecule is CCCC(Oc1ccc(C(=C(CC)c2ccc3c(c2)OCO3)c2ccc(OC(=O)C3CC3)cc2)cc1)C(CC)NC. The molecule has 1 N–H and O–H groups in total. The third kappa shape index (κ3) is 6.76. The van der Waals surface area contributed by atoms with E-state index < -0.39 is 0 Å². The minimum Gasteiger partial charge on any atom is -0.489 e. The van der Waals surface area contributed by atoms with Crippen molar-refractivity contribution in [2.45, 2.75) is 71.4 Å². The lowest BCUT2D eigenvalue weighted by Gasteiger charge is -2.27. The number of nitrogens with one attached hydrogen (secondary N) is 1. The molecule has 41 heavy (non-hydrogen) atoms. The van der Waals surface area contributed by atoms with Crippen LogP contribution in [0.4, 0.5) is 0 Å². The van der Waals surface area contributed by atoms with E-state index in [9.17, 15) is 4.79 Å². The number of allylic oxidation sites excluding steroid dienone is 1. The number of hydrogen-bond donors (Lipinski definition) is 1. The Morgan fingerprint density at radius 3 is 2.10 bits per heavy atom. The molecule has 0 spiro atoms. The van der Waals surface area contributed by atoms with Crippen molar-refractivity contribution in [3.8, 4) is 23.0 Å². The standard InChI is InChI=1S/C35H41NO5/c1-5-8-31(30(7-3)36-4)40-27-16-11-23(12-17-27)34(24-13-18-28(19-14-24)41-35(37)25-9-10-25)29(6-2)26-15-20-32-33(21-26)39-22-38-32/h11-21,25,30-31,36H,5-10,22H2,1-4H3. The van der Waals surface area contributed by atoms with Crippen molar-refractivity contribution >= 4 is 17.1 Å². The summed E-state index contributed by atoms with van der Waals surface area (Å²) in [5.41, 5.74) is 5.51. The summed E-state index contributed by atoms with van der Waals surface area (Å²) >= 11 is 0. The van der Waals surface area contributed by atoms with Crippen LogP contribution in [0, 0.1) is 5.92 Å². The molecular formula is C35H41NO5. The second-order valence-electron chi connectivity index (χ2n) is 10.8. The third-order valence-electron chi connectivity index (χ3n) is 7.91. The Morgan fingerprint density at radius 2 is 1.51 bits per heavy atom. The zero-order valence-corrected chi connectivity index (χ0v) is 24.6. The van der Waals surface area contributed by atoms with Gasteiger partial charge >= 0.3 is 5.97 Å². The first kappa shape index (κ1) is 28.7. The molecule has 1 saturated carbocycles. The Bertz CT molecular complexity index is 1350. The molecule has 0 radical (unpaired) electrons. The monoisotopic (exact) mass is 555 g/mol. The van der Waals surface area contributed by atoms with Gasteiger partial charge in [0.15, 0.2) is 11.5 Å². The lowest BCUT2D eigenvalue weighted by atomic mass is 9.88. The zero-order chi connectivity index (χ0) is 28.8. The third-order valence-corrected chi connectivity index (χ3v) is 7.91. The molecule has 0 bridgehead atoms. The maximum Gasteiger partial charge on any atom is 0.314 e. The minimum absolute atomic E-state index is 0.0567. The van der Waals surface area contributed by atoms with E-state index >= 15 is 0 Å². The molecule has 3 aromatic carbocycles. The zero-order valence-electron chi connectivity index (χ0n) is 24.6. The molecule has 0 amide bonds. The molecule has 3 aromatic rings. The van der Waals surface area contributed by atoms with Gasteiger partial charge in [0.25, 0.3) is 0 Å². The van der Waals surface area contributed by atoms with Crippen molar-refractivity contribution in [1.29, 1.82) is 0 Å². The van der Waals surface area contributed by atoms with Gasteiger partial charge in [0.1, 0.15) is 17.6 Å². The number of carbonyl (C=O) groups is 1. The van der Waals surface area contributed by atoms with Gasteiger partial charge in [-0.25, -0.2) is 0 Å². The molecule has 1 aliphatic heterocycles. The first-order valence-electron chi connectivity index (χ1n) is 14.9. The summed E-state index contributed by atoms with van der Waals surface area (Å²) in [5.74, 6) is 2.89. The number of hydrogen-bond acceptors (Lipinski definition) is 6. The van der Waals surface area contributed by atoms with Crippen LogP contribution in [0.3, 0.4) is 0 Å². The number of likely N-dealkylation sites (N-methyl/N-ethyl adjacent to an activating group) is 1. The van der Waals surface area contributed by atoms with Crippen molar-refractivity contribution < 1.29 is 23.7 Å². The van der Waals surface area contributed by atoms with Crippen LogP contribution < -0.4 is 24.3 Å². The van der Waals surface area contributed by atoms with Crippen LogP contribution in [0.25, 0.3) is 11.1 Å². The summed E-state index contributed by atoms with van der Waals surface area (Å²) in [6.45, 7) is 6.79. The molecule has 6 heteroatoms. The summed E-state index contributed by atoms with van der Waals surface area (Å²) < 4.78 is 23.3. The Hall–Kier alpha value is -3.77. The molecule has 2 atom stereocenters. The first-order valence-corrected chi connectivity index (χ1v) is 14.9. The number of benzene rings is 3. The van der Waals surface area contributed by atoms with Gasteiger partial charge in [0.05, 0.1) is 5.92 Å². The lowest BCUT2D eigenvalue weighted by molar-refractivity contribution is -0.135. The molecule has 0 saturated heterocycles. The van der Waals surface area contributed by atoms with E-state index in [2.05, 4.69) is 62.5 Å². The Labute approximate surface area is 243 Å².